The molecule has 0 aliphatic heterocycles. The molecule has 1 aromatic heterocycles. The van der Waals surface area contributed by atoms with Crippen LogP contribution in [-0.4, -0.2) is 10.1 Å². The minimum atomic E-state index is -0.232. The second-order valence-corrected chi connectivity index (χ2v) is 3.89. The lowest BCUT2D eigenvalue weighted by atomic mass is 10.1. The number of rotatable bonds is 4. The zero-order chi connectivity index (χ0) is 12.3. The number of aryl methyl sites for hydroxylation is 1. The van der Waals surface area contributed by atoms with E-state index >= 15 is 0 Å². The molecule has 0 radical (unpaired) electrons. The number of nitrogens with one attached hydrogen (secondary N) is 1. The molecule has 90 valence electrons. The van der Waals surface area contributed by atoms with Crippen molar-refractivity contribution in [2.45, 2.75) is 26.4 Å². The Balaban J connectivity index is 1.95. The molecule has 0 aliphatic carbocycles. The second-order valence-electron chi connectivity index (χ2n) is 3.89. The maximum Gasteiger partial charge on any atom is 0.240 e. The minimum absolute atomic E-state index is 0.0258. The van der Waals surface area contributed by atoms with Crippen molar-refractivity contribution in [3.05, 3.63) is 47.4 Å². The predicted octanol–water partition coefficient (Wildman–Crippen LogP) is 2.37. The minimum Gasteiger partial charge on any atom is -0.338 e. The first-order valence-corrected chi connectivity index (χ1v) is 5.43. The summed E-state index contributed by atoms with van der Waals surface area (Å²) in [4.78, 5) is 4.08. The molecule has 1 unspecified atom stereocenters. The summed E-state index contributed by atoms with van der Waals surface area (Å²) in [5.41, 5.74) is 0.890. The van der Waals surface area contributed by atoms with Gasteiger partial charge in [0.15, 0.2) is 5.82 Å². The summed E-state index contributed by atoms with van der Waals surface area (Å²) < 4.78 is 18.0. The summed E-state index contributed by atoms with van der Waals surface area (Å²) >= 11 is 0. The first-order valence-electron chi connectivity index (χ1n) is 5.43. The Kier molecular flexibility index (Phi) is 3.49. The Hall–Kier alpha value is -1.75. The first-order chi connectivity index (χ1) is 8.15. The number of nitrogens with zero attached hydrogens (tertiary/aromatic N) is 2. The second kappa shape index (κ2) is 5.05. The highest BCUT2D eigenvalue weighted by molar-refractivity contribution is 5.19. The smallest absolute Gasteiger partial charge is 0.240 e. The molecule has 2 aromatic rings. The lowest BCUT2D eigenvalue weighted by Crippen LogP contribution is -2.18. The lowest BCUT2D eigenvalue weighted by molar-refractivity contribution is 0.357. The maximum atomic E-state index is 13.0. The van der Waals surface area contributed by atoms with Crippen LogP contribution < -0.4 is 5.32 Å². The summed E-state index contributed by atoms with van der Waals surface area (Å²) in [6.07, 6.45) is 0. The third-order valence-corrected chi connectivity index (χ3v) is 2.48. The molecule has 0 saturated heterocycles. The summed E-state index contributed by atoms with van der Waals surface area (Å²) in [6.45, 7) is 4.19. The average molecular weight is 235 g/mol. The van der Waals surface area contributed by atoms with Crippen molar-refractivity contribution in [1.29, 1.82) is 0 Å². The molecule has 0 spiro atoms. The van der Waals surface area contributed by atoms with Gasteiger partial charge in [0.05, 0.1) is 6.54 Å². The molecule has 0 saturated carbocycles. The number of benzene rings is 1. The molecule has 1 heterocycles. The fourth-order valence-electron chi connectivity index (χ4n) is 1.55. The molecule has 2 rings (SSSR count). The molecule has 0 aliphatic rings. The maximum absolute atomic E-state index is 13.0. The summed E-state index contributed by atoms with van der Waals surface area (Å²) in [5, 5.41) is 6.89. The van der Waals surface area contributed by atoms with Crippen molar-refractivity contribution in [2.24, 2.45) is 0 Å². The van der Waals surface area contributed by atoms with Crippen LogP contribution >= 0.6 is 0 Å². The van der Waals surface area contributed by atoms with E-state index in [9.17, 15) is 4.39 Å². The van der Waals surface area contributed by atoms with Crippen molar-refractivity contribution < 1.29 is 8.91 Å². The van der Waals surface area contributed by atoms with Crippen LogP contribution in [0, 0.1) is 12.7 Å². The summed E-state index contributed by atoms with van der Waals surface area (Å²) in [5.74, 6) is 0.913. The molecular formula is C12H14FN3O. The van der Waals surface area contributed by atoms with E-state index in [1.54, 1.807) is 13.0 Å². The Morgan fingerprint density at radius 2 is 2.29 bits per heavy atom. The van der Waals surface area contributed by atoms with E-state index in [2.05, 4.69) is 15.5 Å². The van der Waals surface area contributed by atoms with Crippen LogP contribution in [-0.2, 0) is 6.54 Å². The van der Waals surface area contributed by atoms with E-state index < -0.39 is 0 Å². The van der Waals surface area contributed by atoms with Gasteiger partial charge in [-0.05, 0) is 31.5 Å². The number of hydrogen-bond acceptors (Lipinski definition) is 4. The molecule has 1 atom stereocenters. The highest BCUT2D eigenvalue weighted by atomic mass is 19.1. The van der Waals surface area contributed by atoms with Crippen molar-refractivity contribution >= 4 is 0 Å². The van der Waals surface area contributed by atoms with Gasteiger partial charge < -0.3 is 9.84 Å². The third kappa shape index (κ3) is 3.10. The fraction of sp³-hybridized carbons (Fsp3) is 0.333. The quantitative estimate of drug-likeness (QED) is 0.883. The monoisotopic (exact) mass is 235 g/mol. The van der Waals surface area contributed by atoms with Crippen molar-refractivity contribution in [3.8, 4) is 0 Å². The van der Waals surface area contributed by atoms with Gasteiger partial charge >= 0.3 is 0 Å². The number of halogens is 1. The zero-order valence-electron chi connectivity index (χ0n) is 9.77. The topological polar surface area (TPSA) is 51.0 Å². The molecule has 1 aromatic carbocycles. The molecule has 17 heavy (non-hydrogen) atoms. The highest BCUT2D eigenvalue weighted by Crippen LogP contribution is 2.13. The predicted molar refractivity (Wildman–Crippen MR) is 60.7 cm³/mol. The highest BCUT2D eigenvalue weighted by Gasteiger charge is 2.08. The van der Waals surface area contributed by atoms with E-state index in [4.69, 9.17) is 4.52 Å². The first kappa shape index (κ1) is 11.7. The van der Waals surface area contributed by atoms with Crippen LogP contribution in [0.2, 0.25) is 0 Å². The Morgan fingerprint density at radius 3 is 2.94 bits per heavy atom. The van der Waals surface area contributed by atoms with Gasteiger partial charge in [0.1, 0.15) is 5.82 Å². The lowest BCUT2D eigenvalue weighted by Gasteiger charge is -2.12. The van der Waals surface area contributed by atoms with E-state index in [0.29, 0.717) is 18.3 Å². The van der Waals surface area contributed by atoms with Gasteiger partial charge in [-0.15, -0.1) is 0 Å². The Bertz CT molecular complexity index is 498. The molecule has 0 bridgehead atoms. The molecule has 5 heteroatoms. The molecule has 0 amide bonds. The van der Waals surface area contributed by atoms with Crippen molar-refractivity contribution in [2.75, 3.05) is 0 Å². The van der Waals surface area contributed by atoms with Crippen LogP contribution in [0.5, 0.6) is 0 Å². The SMILES string of the molecule is Cc1noc(CNC(C)c2cccc(F)c2)n1. The van der Waals surface area contributed by atoms with E-state index in [0.717, 1.165) is 5.56 Å². The van der Waals surface area contributed by atoms with Gasteiger partial charge in [0.2, 0.25) is 5.89 Å². The van der Waals surface area contributed by atoms with Gasteiger partial charge in [-0.25, -0.2) is 4.39 Å². The summed E-state index contributed by atoms with van der Waals surface area (Å²) in [7, 11) is 0. The van der Waals surface area contributed by atoms with Crippen molar-refractivity contribution in [3.63, 3.8) is 0 Å². The van der Waals surface area contributed by atoms with Gasteiger partial charge in [0, 0.05) is 6.04 Å². The van der Waals surface area contributed by atoms with Crippen LogP contribution in [0.1, 0.15) is 30.2 Å². The number of aromatic nitrogens is 2. The fourth-order valence-corrected chi connectivity index (χ4v) is 1.55. The molecule has 1 N–H and O–H groups in total. The van der Waals surface area contributed by atoms with Crippen LogP contribution in [0.15, 0.2) is 28.8 Å². The largest absolute Gasteiger partial charge is 0.338 e. The normalized spacial score (nSPS) is 12.6. The van der Waals surface area contributed by atoms with Gasteiger partial charge in [-0.1, -0.05) is 17.3 Å². The van der Waals surface area contributed by atoms with Gasteiger partial charge in [-0.3, -0.25) is 0 Å². The molecule has 0 fully saturated rings. The zero-order valence-corrected chi connectivity index (χ0v) is 9.77. The third-order valence-electron chi connectivity index (χ3n) is 2.48. The van der Waals surface area contributed by atoms with Crippen LogP contribution in [0.3, 0.4) is 0 Å². The molecular weight excluding hydrogens is 221 g/mol. The van der Waals surface area contributed by atoms with E-state index in [1.165, 1.54) is 12.1 Å². The van der Waals surface area contributed by atoms with E-state index in [1.807, 2.05) is 13.0 Å². The Morgan fingerprint density at radius 1 is 1.47 bits per heavy atom. The van der Waals surface area contributed by atoms with Crippen LogP contribution in [0.4, 0.5) is 4.39 Å². The molecule has 4 nitrogen and oxygen atoms in total. The standard InChI is InChI=1S/C12H14FN3O/c1-8(10-4-3-5-11(13)6-10)14-7-12-15-9(2)16-17-12/h3-6,8,14H,7H2,1-2H3. The van der Waals surface area contributed by atoms with E-state index in [-0.39, 0.29) is 11.9 Å². The Labute approximate surface area is 98.8 Å². The number of hydrogen-bond donors (Lipinski definition) is 1. The van der Waals surface area contributed by atoms with Gasteiger partial charge in [0.25, 0.3) is 0 Å². The summed E-state index contributed by atoms with van der Waals surface area (Å²) in [6, 6.07) is 6.53. The van der Waals surface area contributed by atoms with Crippen LogP contribution in [0.25, 0.3) is 0 Å². The average Bonchev–Trinajstić information content (AvgIpc) is 2.72. The van der Waals surface area contributed by atoms with Gasteiger partial charge in [-0.2, -0.15) is 4.98 Å². The van der Waals surface area contributed by atoms with Crippen molar-refractivity contribution in [1.82, 2.24) is 15.5 Å².